The second-order valence-corrected chi connectivity index (χ2v) is 13.4. The maximum Gasteiger partial charge on any atom is 0.124 e. The zero-order valence-electron chi connectivity index (χ0n) is 23.3. The first-order valence-electron chi connectivity index (χ1n) is 15.4. The summed E-state index contributed by atoms with van der Waals surface area (Å²) < 4.78 is 0. The summed E-state index contributed by atoms with van der Waals surface area (Å²) in [6.45, 7) is 7.23. The normalized spacial score (nSPS) is 28.7. The van der Waals surface area contributed by atoms with Gasteiger partial charge in [0.25, 0.3) is 0 Å². The highest BCUT2D eigenvalue weighted by Crippen LogP contribution is 2.48. The fraction of sp³-hybridized carbons (Fsp3) is 0.625. The Morgan fingerprint density at radius 1 is 0.923 bits per heavy atom. The van der Waals surface area contributed by atoms with Crippen LogP contribution in [0.3, 0.4) is 0 Å². The van der Waals surface area contributed by atoms with Gasteiger partial charge in [-0.3, -0.25) is 4.90 Å². The second kappa shape index (κ2) is 10.2. The van der Waals surface area contributed by atoms with Crippen LogP contribution in [0.15, 0.2) is 24.3 Å². The van der Waals surface area contributed by atoms with E-state index in [4.69, 9.17) is 11.5 Å². The smallest absolute Gasteiger partial charge is 0.124 e. The van der Waals surface area contributed by atoms with Crippen LogP contribution in [-0.4, -0.2) is 64.7 Å². The summed E-state index contributed by atoms with van der Waals surface area (Å²) in [6.07, 6.45) is 14.1. The third-order valence-electron chi connectivity index (χ3n) is 11.1. The minimum Gasteiger partial charge on any atom is -0.507 e. The number of aromatic hydroxyl groups is 1. The predicted octanol–water partition coefficient (Wildman–Crippen LogP) is 4.14. The molecule has 0 unspecified atom stereocenters. The molecule has 0 atom stereocenters. The first kappa shape index (κ1) is 25.5. The summed E-state index contributed by atoms with van der Waals surface area (Å²) in [6, 6.07) is 8.77. The lowest BCUT2D eigenvalue weighted by Gasteiger charge is -2.58. The van der Waals surface area contributed by atoms with E-state index in [9.17, 15) is 5.11 Å². The van der Waals surface area contributed by atoms with Gasteiger partial charge >= 0.3 is 0 Å². The fourth-order valence-electron chi connectivity index (χ4n) is 8.65. The summed E-state index contributed by atoms with van der Waals surface area (Å²) in [5, 5.41) is 13.7. The molecule has 1 spiro atoms. The average molecular weight is 531 g/mol. The molecule has 7 nitrogen and oxygen atoms in total. The number of H-pyrrole nitrogens is 1. The molecule has 0 bridgehead atoms. The van der Waals surface area contributed by atoms with E-state index in [1.165, 1.54) is 88.8 Å². The summed E-state index contributed by atoms with van der Waals surface area (Å²) in [7, 11) is 0. The summed E-state index contributed by atoms with van der Waals surface area (Å²) in [4.78, 5) is 8.95. The van der Waals surface area contributed by atoms with E-state index < -0.39 is 0 Å². The third-order valence-corrected chi connectivity index (χ3v) is 11.1. The zero-order chi connectivity index (χ0) is 26.6. The quantitative estimate of drug-likeness (QED) is 0.398. The van der Waals surface area contributed by atoms with Crippen LogP contribution in [-0.2, 0) is 13.0 Å². The van der Waals surface area contributed by atoms with Gasteiger partial charge in [-0.05, 0) is 105 Å². The molecule has 5 aliphatic rings. The molecular weight excluding hydrogens is 484 g/mol. The molecule has 2 saturated heterocycles. The standard InChI is InChI=1S/C32H46N6O/c33-28(25-3-1-2-4-30(25)39)15-26-27-18-38(14-11-29(27)36-31(26)34)23-7-5-21(6-8-23)22-9-12-37(13-10-22)24-16-32(17-24)19-35-20-32/h1-4,15,21-24,35-36,39H,5-14,16-20,33-34H2/b28-15-. The Morgan fingerprint density at radius 3 is 2.33 bits per heavy atom. The van der Waals surface area contributed by atoms with Gasteiger partial charge in [0.05, 0.1) is 0 Å². The zero-order valence-corrected chi connectivity index (χ0v) is 23.3. The van der Waals surface area contributed by atoms with Crippen molar-refractivity contribution in [1.82, 2.24) is 20.1 Å². The number of phenols is 1. The van der Waals surface area contributed by atoms with Crippen LogP contribution < -0.4 is 16.8 Å². The number of fused-ring (bicyclic) bond motifs is 1. The highest BCUT2D eigenvalue weighted by Gasteiger charge is 2.50. The van der Waals surface area contributed by atoms with Crippen molar-refractivity contribution in [1.29, 1.82) is 0 Å². The number of aromatic nitrogens is 1. The average Bonchev–Trinajstić information content (AvgIpc) is 3.22. The Balaban J connectivity index is 0.939. The number of aromatic amines is 1. The summed E-state index contributed by atoms with van der Waals surface area (Å²) >= 11 is 0. The van der Waals surface area contributed by atoms with Crippen molar-refractivity contribution in [2.24, 2.45) is 23.0 Å². The number of phenolic OH excluding ortho intramolecular Hbond substituents is 1. The summed E-state index contributed by atoms with van der Waals surface area (Å²) in [5.74, 6) is 2.73. The van der Waals surface area contributed by atoms with Crippen molar-refractivity contribution in [2.75, 3.05) is 38.5 Å². The van der Waals surface area contributed by atoms with Gasteiger partial charge in [0.2, 0.25) is 0 Å². The predicted molar refractivity (Wildman–Crippen MR) is 158 cm³/mol. The van der Waals surface area contributed by atoms with E-state index in [0.29, 0.717) is 28.5 Å². The number of benzene rings is 1. The van der Waals surface area contributed by atoms with Crippen molar-refractivity contribution in [3.05, 3.63) is 46.6 Å². The van der Waals surface area contributed by atoms with Crippen molar-refractivity contribution in [2.45, 2.75) is 76.4 Å². The Hall–Kier alpha value is -2.48. The Kier molecular flexibility index (Phi) is 6.64. The van der Waals surface area contributed by atoms with Gasteiger partial charge in [0.15, 0.2) is 0 Å². The van der Waals surface area contributed by atoms with Gasteiger partial charge < -0.3 is 31.8 Å². The number of nitrogens with two attached hydrogens (primary N) is 2. The maximum absolute atomic E-state index is 10.3. The number of nitrogens with one attached hydrogen (secondary N) is 2. The number of anilines is 1. The summed E-state index contributed by atoms with van der Waals surface area (Å²) in [5.41, 5.74) is 18.2. The van der Waals surface area contributed by atoms with Crippen LogP contribution in [0.4, 0.5) is 5.82 Å². The molecule has 1 aromatic heterocycles. The number of nitrogen functional groups attached to an aromatic ring is 1. The van der Waals surface area contributed by atoms with E-state index in [1.807, 2.05) is 24.3 Å². The molecule has 7 N–H and O–H groups in total. The molecule has 3 aliphatic heterocycles. The monoisotopic (exact) mass is 530 g/mol. The van der Waals surface area contributed by atoms with Crippen LogP contribution in [0.1, 0.15) is 73.8 Å². The third kappa shape index (κ3) is 4.76. The van der Waals surface area contributed by atoms with Crippen molar-refractivity contribution < 1.29 is 5.11 Å². The Bertz CT molecular complexity index is 1210. The van der Waals surface area contributed by atoms with Gasteiger partial charge in [-0.15, -0.1) is 0 Å². The number of para-hydroxylation sites is 1. The molecule has 7 heteroatoms. The molecule has 39 heavy (non-hydrogen) atoms. The van der Waals surface area contributed by atoms with E-state index in [-0.39, 0.29) is 5.75 Å². The highest BCUT2D eigenvalue weighted by molar-refractivity contribution is 5.86. The number of nitrogens with zero attached hydrogens (tertiary/aromatic N) is 2. The fourth-order valence-corrected chi connectivity index (χ4v) is 8.65. The van der Waals surface area contributed by atoms with Crippen LogP contribution in [0, 0.1) is 17.3 Å². The van der Waals surface area contributed by atoms with E-state index >= 15 is 0 Å². The number of hydrogen-bond donors (Lipinski definition) is 5. The molecule has 0 radical (unpaired) electrons. The van der Waals surface area contributed by atoms with Crippen molar-refractivity contribution in [3.8, 4) is 5.75 Å². The number of rotatable bonds is 5. The lowest BCUT2D eigenvalue weighted by Crippen LogP contribution is -2.65. The minimum absolute atomic E-state index is 0.195. The number of likely N-dealkylation sites (tertiary alicyclic amines) is 1. The Morgan fingerprint density at radius 2 is 1.64 bits per heavy atom. The van der Waals surface area contributed by atoms with Gasteiger partial charge in [-0.25, -0.2) is 0 Å². The largest absolute Gasteiger partial charge is 0.507 e. The molecule has 4 fully saturated rings. The lowest BCUT2D eigenvalue weighted by molar-refractivity contribution is -0.0506. The first-order valence-corrected chi connectivity index (χ1v) is 15.4. The Labute approximate surface area is 233 Å². The van der Waals surface area contributed by atoms with Gasteiger partial charge in [-0.1, -0.05) is 12.1 Å². The lowest BCUT2D eigenvalue weighted by atomic mass is 9.61. The van der Waals surface area contributed by atoms with Crippen LogP contribution in [0.25, 0.3) is 11.8 Å². The van der Waals surface area contributed by atoms with Gasteiger partial charge in [-0.2, -0.15) is 0 Å². The molecule has 210 valence electrons. The van der Waals surface area contributed by atoms with Crippen LogP contribution in [0.5, 0.6) is 5.75 Å². The first-order chi connectivity index (χ1) is 19.0. The van der Waals surface area contributed by atoms with Gasteiger partial charge in [0, 0.05) is 67.2 Å². The molecule has 2 saturated carbocycles. The van der Waals surface area contributed by atoms with E-state index in [2.05, 4.69) is 20.1 Å². The van der Waals surface area contributed by atoms with Crippen LogP contribution in [0.2, 0.25) is 0 Å². The highest BCUT2D eigenvalue weighted by atomic mass is 16.3. The van der Waals surface area contributed by atoms with Gasteiger partial charge in [0.1, 0.15) is 11.6 Å². The van der Waals surface area contributed by atoms with E-state index in [1.54, 1.807) is 6.07 Å². The number of piperidine rings is 1. The molecular formula is C32H46N6O. The molecule has 0 amide bonds. The second-order valence-electron chi connectivity index (χ2n) is 13.4. The molecule has 2 aromatic rings. The van der Waals surface area contributed by atoms with E-state index in [0.717, 1.165) is 43.0 Å². The van der Waals surface area contributed by atoms with Crippen molar-refractivity contribution in [3.63, 3.8) is 0 Å². The topological polar surface area (TPSA) is 107 Å². The number of hydrogen-bond acceptors (Lipinski definition) is 6. The van der Waals surface area contributed by atoms with Crippen LogP contribution >= 0.6 is 0 Å². The molecule has 7 rings (SSSR count). The molecule has 4 heterocycles. The minimum atomic E-state index is 0.195. The van der Waals surface area contributed by atoms with Crippen molar-refractivity contribution >= 4 is 17.6 Å². The SMILES string of the molecule is N/C(=C\c1c(N)[nH]c2c1CN(C1CCC(C3CCN(C4CC5(CNC5)C4)CC3)CC1)CC2)c1ccccc1O. The molecule has 2 aliphatic carbocycles. The molecule has 1 aromatic carbocycles. The maximum atomic E-state index is 10.3.